The first kappa shape index (κ1) is 18.9. The molecule has 0 bridgehead atoms. The van der Waals surface area contributed by atoms with E-state index in [1.807, 2.05) is 12.1 Å². The van der Waals surface area contributed by atoms with Crippen LogP contribution in [0.1, 0.15) is 18.4 Å². The zero-order valence-electron chi connectivity index (χ0n) is 14.3. The summed E-state index contributed by atoms with van der Waals surface area (Å²) in [5.41, 5.74) is 0.834. The summed E-state index contributed by atoms with van der Waals surface area (Å²) in [5.74, 6) is 0.0298. The second-order valence-electron chi connectivity index (χ2n) is 6.35. The molecule has 1 heterocycles. The maximum atomic E-state index is 12.6. The van der Waals surface area contributed by atoms with Crippen molar-refractivity contribution < 1.29 is 9.59 Å². The van der Waals surface area contributed by atoms with E-state index >= 15 is 0 Å². The van der Waals surface area contributed by atoms with Crippen LogP contribution in [0.25, 0.3) is 0 Å². The van der Waals surface area contributed by atoms with Gasteiger partial charge in [-0.1, -0.05) is 35.3 Å². The van der Waals surface area contributed by atoms with Crippen molar-refractivity contribution in [3.63, 3.8) is 0 Å². The van der Waals surface area contributed by atoms with Gasteiger partial charge in [0.2, 0.25) is 5.91 Å². The predicted molar refractivity (Wildman–Crippen MR) is 96.3 cm³/mol. The molecule has 0 saturated carbocycles. The molecule has 24 heavy (non-hydrogen) atoms. The SMILES string of the molecule is CN(C)C(=O)N1CCC(C(=O)N(C)Cc2cccc(Cl)c2Cl)CC1. The summed E-state index contributed by atoms with van der Waals surface area (Å²) in [6.07, 6.45) is 1.37. The lowest BCUT2D eigenvalue weighted by Crippen LogP contribution is -2.46. The van der Waals surface area contributed by atoms with E-state index in [9.17, 15) is 9.59 Å². The van der Waals surface area contributed by atoms with Crippen LogP contribution in [0.5, 0.6) is 0 Å². The third kappa shape index (κ3) is 4.33. The highest BCUT2D eigenvalue weighted by molar-refractivity contribution is 6.42. The molecule has 1 aromatic carbocycles. The Morgan fingerprint density at radius 1 is 1.17 bits per heavy atom. The highest BCUT2D eigenvalue weighted by Gasteiger charge is 2.29. The number of likely N-dealkylation sites (tertiary alicyclic amines) is 1. The molecule has 7 heteroatoms. The highest BCUT2D eigenvalue weighted by Crippen LogP contribution is 2.27. The first-order chi connectivity index (χ1) is 11.3. The molecule has 0 aliphatic carbocycles. The van der Waals surface area contributed by atoms with Crippen molar-refractivity contribution in [2.45, 2.75) is 19.4 Å². The largest absolute Gasteiger partial charge is 0.341 e. The van der Waals surface area contributed by atoms with Gasteiger partial charge in [-0.3, -0.25) is 4.79 Å². The summed E-state index contributed by atoms with van der Waals surface area (Å²) in [6, 6.07) is 5.43. The number of rotatable bonds is 3. The predicted octanol–water partition coefficient (Wildman–Crippen LogP) is 3.35. The summed E-state index contributed by atoms with van der Waals surface area (Å²) in [5, 5.41) is 0.982. The minimum Gasteiger partial charge on any atom is -0.341 e. The maximum Gasteiger partial charge on any atom is 0.319 e. The molecule has 0 unspecified atom stereocenters. The number of carbonyl (C=O) groups excluding carboxylic acids is 2. The standard InChI is InChI=1S/C17H23Cl2N3O2/c1-20(2)17(24)22-9-7-12(8-10-22)16(23)21(3)11-13-5-4-6-14(18)15(13)19/h4-6,12H,7-11H2,1-3H3. The number of urea groups is 1. The molecule has 0 atom stereocenters. The monoisotopic (exact) mass is 371 g/mol. The molecule has 0 N–H and O–H groups in total. The molecule has 132 valence electrons. The van der Waals surface area contributed by atoms with Gasteiger partial charge < -0.3 is 14.7 Å². The lowest BCUT2D eigenvalue weighted by Gasteiger charge is -2.34. The average molecular weight is 372 g/mol. The van der Waals surface area contributed by atoms with Gasteiger partial charge in [0.1, 0.15) is 0 Å². The third-order valence-corrected chi connectivity index (χ3v) is 5.17. The molecule has 5 nitrogen and oxygen atoms in total. The number of halogens is 2. The fourth-order valence-electron chi connectivity index (χ4n) is 2.92. The van der Waals surface area contributed by atoms with Crippen LogP contribution in [0, 0.1) is 5.92 Å². The number of benzene rings is 1. The Balaban J connectivity index is 1.93. The molecule has 0 radical (unpaired) electrons. The van der Waals surface area contributed by atoms with Crippen molar-refractivity contribution in [1.29, 1.82) is 0 Å². The van der Waals surface area contributed by atoms with Gasteiger partial charge in [0, 0.05) is 46.7 Å². The van der Waals surface area contributed by atoms with Crippen LogP contribution in [0.3, 0.4) is 0 Å². The Hall–Kier alpha value is -1.46. The summed E-state index contributed by atoms with van der Waals surface area (Å²) in [7, 11) is 5.25. The average Bonchev–Trinajstić information content (AvgIpc) is 2.57. The third-order valence-electron chi connectivity index (χ3n) is 4.31. The second-order valence-corrected chi connectivity index (χ2v) is 7.13. The normalized spacial score (nSPS) is 15.3. The summed E-state index contributed by atoms with van der Waals surface area (Å²) < 4.78 is 0. The Labute approximate surface area is 153 Å². The van der Waals surface area contributed by atoms with Gasteiger partial charge >= 0.3 is 6.03 Å². The lowest BCUT2D eigenvalue weighted by atomic mass is 9.95. The van der Waals surface area contributed by atoms with Gasteiger partial charge in [-0.2, -0.15) is 0 Å². The van der Waals surface area contributed by atoms with Gasteiger partial charge in [-0.05, 0) is 24.5 Å². The Bertz CT molecular complexity index is 614. The molecule has 1 aliphatic heterocycles. The molecule has 1 fully saturated rings. The molecule has 1 aromatic rings. The van der Waals surface area contributed by atoms with Crippen LogP contribution < -0.4 is 0 Å². The number of carbonyl (C=O) groups is 2. The minimum atomic E-state index is -0.0563. The smallest absolute Gasteiger partial charge is 0.319 e. The van der Waals surface area contributed by atoms with Gasteiger partial charge in [0.25, 0.3) is 0 Å². The van der Waals surface area contributed by atoms with Crippen LogP contribution in [0.2, 0.25) is 10.0 Å². The highest BCUT2D eigenvalue weighted by atomic mass is 35.5. The maximum absolute atomic E-state index is 12.6. The van der Waals surface area contributed by atoms with Crippen molar-refractivity contribution in [2.24, 2.45) is 5.92 Å². The summed E-state index contributed by atoms with van der Waals surface area (Å²) in [6.45, 7) is 1.65. The topological polar surface area (TPSA) is 43.9 Å². The molecule has 1 saturated heterocycles. The van der Waals surface area contributed by atoms with E-state index in [1.54, 1.807) is 41.9 Å². The quantitative estimate of drug-likeness (QED) is 0.817. The molecule has 0 aromatic heterocycles. The van der Waals surface area contributed by atoms with Crippen molar-refractivity contribution in [3.05, 3.63) is 33.8 Å². The van der Waals surface area contributed by atoms with Crippen molar-refractivity contribution in [2.75, 3.05) is 34.2 Å². The lowest BCUT2D eigenvalue weighted by molar-refractivity contribution is -0.136. The van der Waals surface area contributed by atoms with Crippen molar-refractivity contribution in [3.8, 4) is 0 Å². The van der Waals surface area contributed by atoms with Gasteiger partial charge in [0.15, 0.2) is 0 Å². The Kier molecular flexibility index (Phi) is 6.35. The number of hydrogen-bond donors (Lipinski definition) is 0. The van der Waals surface area contributed by atoms with Crippen molar-refractivity contribution in [1.82, 2.24) is 14.7 Å². The fourth-order valence-corrected chi connectivity index (χ4v) is 3.30. The number of amides is 3. The van der Waals surface area contributed by atoms with E-state index in [1.165, 1.54) is 0 Å². The molecule has 2 rings (SSSR count). The van der Waals surface area contributed by atoms with Crippen LogP contribution in [0.4, 0.5) is 4.79 Å². The number of piperidine rings is 1. The first-order valence-corrected chi connectivity index (χ1v) is 8.71. The molecule has 3 amide bonds. The van der Waals surface area contributed by atoms with E-state index < -0.39 is 0 Å². The molecular weight excluding hydrogens is 349 g/mol. The second kappa shape index (κ2) is 8.08. The molecule has 0 spiro atoms. The van der Waals surface area contributed by atoms with E-state index in [-0.39, 0.29) is 17.9 Å². The van der Waals surface area contributed by atoms with Gasteiger partial charge in [-0.25, -0.2) is 4.79 Å². The van der Waals surface area contributed by atoms with Crippen LogP contribution in [-0.4, -0.2) is 60.9 Å². The van der Waals surface area contributed by atoms with Gasteiger partial charge in [0.05, 0.1) is 10.0 Å². The summed E-state index contributed by atoms with van der Waals surface area (Å²) >= 11 is 12.2. The molecule has 1 aliphatic rings. The van der Waals surface area contributed by atoms with E-state index in [2.05, 4.69) is 0 Å². The Morgan fingerprint density at radius 3 is 2.38 bits per heavy atom. The van der Waals surface area contributed by atoms with Crippen LogP contribution in [0.15, 0.2) is 18.2 Å². The zero-order chi connectivity index (χ0) is 17.9. The van der Waals surface area contributed by atoms with Crippen molar-refractivity contribution >= 4 is 35.1 Å². The van der Waals surface area contributed by atoms with Crippen LogP contribution in [-0.2, 0) is 11.3 Å². The van der Waals surface area contributed by atoms with Crippen LogP contribution >= 0.6 is 23.2 Å². The van der Waals surface area contributed by atoms with E-state index in [0.717, 1.165) is 5.56 Å². The van der Waals surface area contributed by atoms with E-state index in [0.29, 0.717) is 42.5 Å². The molecular formula is C17H23Cl2N3O2. The fraction of sp³-hybridized carbons (Fsp3) is 0.529. The number of nitrogens with zero attached hydrogens (tertiary/aromatic N) is 3. The van der Waals surface area contributed by atoms with E-state index in [4.69, 9.17) is 23.2 Å². The zero-order valence-corrected chi connectivity index (χ0v) is 15.8. The number of hydrogen-bond acceptors (Lipinski definition) is 2. The minimum absolute atomic E-state index is 0.0000344. The van der Waals surface area contributed by atoms with Gasteiger partial charge in [-0.15, -0.1) is 0 Å². The Morgan fingerprint density at radius 2 is 1.79 bits per heavy atom. The summed E-state index contributed by atoms with van der Waals surface area (Å²) in [4.78, 5) is 29.6. The first-order valence-electron chi connectivity index (χ1n) is 7.95.